The molecule has 5 heteroatoms. The van der Waals surface area contributed by atoms with E-state index in [9.17, 15) is 4.79 Å². The van der Waals surface area contributed by atoms with Crippen molar-refractivity contribution < 1.29 is 4.79 Å². The van der Waals surface area contributed by atoms with Crippen LogP contribution in [0, 0.1) is 0 Å². The van der Waals surface area contributed by atoms with Gasteiger partial charge in [0.2, 0.25) is 5.91 Å². The fraction of sp³-hybridized carbons (Fsp3) is 0.368. The summed E-state index contributed by atoms with van der Waals surface area (Å²) in [5.41, 5.74) is 2.10. The SMILES string of the molecule is CC(c1cccnc1)N1CCN(CC(=O)Nc2ccccc2)CC1. The van der Waals surface area contributed by atoms with E-state index in [4.69, 9.17) is 0 Å². The van der Waals surface area contributed by atoms with Crippen LogP contribution in [0.15, 0.2) is 54.9 Å². The summed E-state index contributed by atoms with van der Waals surface area (Å²) in [6.45, 7) is 6.42. The average molecular weight is 324 g/mol. The number of aromatic nitrogens is 1. The molecule has 1 aliphatic heterocycles. The number of amides is 1. The second kappa shape index (κ2) is 8.04. The second-order valence-corrected chi connectivity index (χ2v) is 6.19. The van der Waals surface area contributed by atoms with E-state index in [0.29, 0.717) is 12.6 Å². The molecule has 1 N–H and O–H groups in total. The fourth-order valence-electron chi connectivity index (χ4n) is 3.07. The Labute approximate surface area is 143 Å². The maximum absolute atomic E-state index is 12.1. The van der Waals surface area contributed by atoms with Crippen LogP contribution in [0.25, 0.3) is 0 Å². The molecule has 0 bridgehead atoms. The van der Waals surface area contributed by atoms with E-state index in [1.54, 1.807) is 6.20 Å². The Hall–Kier alpha value is -2.24. The van der Waals surface area contributed by atoms with Gasteiger partial charge in [-0.1, -0.05) is 24.3 Å². The molecule has 1 fully saturated rings. The van der Waals surface area contributed by atoms with E-state index in [1.807, 2.05) is 42.6 Å². The lowest BCUT2D eigenvalue weighted by Gasteiger charge is -2.37. The van der Waals surface area contributed by atoms with E-state index in [-0.39, 0.29) is 5.91 Å². The second-order valence-electron chi connectivity index (χ2n) is 6.19. The molecule has 1 atom stereocenters. The maximum Gasteiger partial charge on any atom is 0.238 e. The Balaban J connectivity index is 1.46. The van der Waals surface area contributed by atoms with Crippen molar-refractivity contribution in [3.8, 4) is 0 Å². The van der Waals surface area contributed by atoms with Crippen molar-refractivity contribution in [2.75, 3.05) is 38.0 Å². The highest BCUT2D eigenvalue weighted by Crippen LogP contribution is 2.20. The number of carbonyl (C=O) groups is 1. The number of para-hydroxylation sites is 1. The number of piperazine rings is 1. The first-order valence-corrected chi connectivity index (χ1v) is 8.43. The van der Waals surface area contributed by atoms with Crippen molar-refractivity contribution in [1.29, 1.82) is 0 Å². The quantitative estimate of drug-likeness (QED) is 0.917. The molecule has 3 rings (SSSR count). The third kappa shape index (κ3) is 4.40. The molecule has 1 amide bonds. The lowest BCUT2D eigenvalue weighted by Crippen LogP contribution is -2.49. The van der Waals surface area contributed by atoms with Gasteiger partial charge in [-0.3, -0.25) is 19.6 Å². The molecule has 0 spiro atoms. The minimum atomic E-state index is 0.0509. The van der Waals surface area contributed by atoms with E-state index in [0.717, 1.165) is 31.9 Å². The van der Waals surface area contributed by atoms with Crippen molar-refractivity contribution in [2.45, 2.75) is 13.0 Å². The zero-order valence-corrected chi connectivity index (χ0v) is 14.1. The van der Waals surface area contributed by atoms with Crippen molar-refractivity contribution >= 4 is 11.6 Å². The van der Waals surface area contributed by atoms with E-state index >= 15 is 0 Å². The number of benzene rings is 1. The topological polar surface area (TPSA) is 48.5 Å². The Morgan fingerprint density at radius 3 is 2.54 bits per heavy atom. The summed E-state index contributed by atoms with van der Waals surface area (Å²) in [6.07, 6.45) is 3.74. The molecule has 1 aromatic carbocycles. The molecular weight excluding hydrogens is 300 g/mol. The summed E-state index contributed by atoms with van der Waals surface area (Å²) in [4.78, 5) is 21.0. The monoisotopic (exact) mass is 324 g/mol. The number of carbonyl (C=O) groups excluding carboxylic acids is 1. The van der Waals surface area contributed by atoms with E-state index in [2.05, 4.69) is 33.1 Å². The normalized spacial score (nSPS) is 17.4. The molecule has 1 saturated heterocycles. The van der Waals surface area contributed by atoms with Gasteiger partial charge in [-0.2, -0.15) is 0 Å². The van der Waals surface area contributed by atoms with Gasteiger partial charge in [-0.05, 0) is 30.7 Å². The van der Waals surface area contributed by atoms with Gasteiger partial charge in [-0.25, -0.2) is 0 Å². The summed E-state index contributed by atoms with van der Waals surface area (Å²) in [5.74, 6) is 0.0509. The summed E-state index contributed by atoms with van der Waals surface area (Å²) in [7, 11) is 0. The predicted octanol–water partition coefficient (Wildman–Crippen LogP) is 2.40. The van der Waals surface area contributed by atoms with Crippen LogP contribution in [0.3, 0.4) is 0 Å². The smallest absolute Gasteiger partial charge is 0.238 e. The molecule has 0 saturated carbocycles. The predicted molar refractivity (Wildman–Crippen MR) is 95.7 cm³/mol. The highest BCUT2D eigenvalue weighted by molar-refractivity contribution is 5.92. The minimum Gasteiger partial charge on any atom is -0.325 e. The molecule has 1 aromatic heterocycles. The summed E-state index contributed by atoms with van der Waals surface area (Å²) >= 11 is 0. The number of pyridine rings is 1. The van der Waals surface area contributed by atoms with Crippen molar-refractivity contribution in [3.05, 3.63) is 60.4 Å². The standard InChI is InChI=1S/C19H24N4O/c1-16(17-6-5-9-20-14-17)23-12-10-22(11-13-23)15-19(24)21-18-7-3-2-4-8-18/h2-9,14,16H,10-13,15H2,1H3,(H,21,24). The third-order valence-electron chi connectivity index (χ3n) is 4.55. The lowest BCUT2D eigenvalue weighted by molar-refractivity contribution is -0.117. The maximum atomic E-state index is 12.1. The molecule has 0 aliphatic carbocycles. The molecule has 2 aromatic rings. The Morgan fingerprint density at radius 1 is 1.12 bits per heavy atom. The van der Waals surface area contributed by atoms with Crippen molar-refractivity contribution in [3.63, 3.8) is 0 Å². The number of rotatable bonds is 5. The van der Waals surface area contributed by atoms with Gasteiger partial charge in [0.1, 0.15) is 0 Å². The van der Waals surface area contributed by atoms with Gasteiger partial charge < -0.3 is 5.32 Å². The van der Waals surface area contributed by atoms with Gasteiger partial charge in [0.15, 0.2) is 0 Å². The molecule has 24 heavy (non-hydrogen) atoms. The first-order valence-electron chi connectivity index (χ1n) is 8.43. The number of hydrogen-bond donors (Lipinski definition) is 1. The van der Waals surface area contributed by atoms with Crippen LogP contribution >= 0.6 is 0 Å². The number of anilines is 1. The number of hydrogen-bond acceptors (Lipinski definition) is 4. The fourth-order valence-corrected chi connectivity index (χ4v) is 3.07. The first-order chi connectivity index (χ1) is 11.7. The Bertz CT molecular complexity index is 639. The largest absolute Gasteiger partial charge is 0.325 e. The Kier molecular flexibility index (Phi) is 5.56. The molecule has 2 heterocycles. The Morgan fingerprint density at radius 2 is 1.88 bits per heavy atom. The zero-order chi connectivity index (χ0) is 16.8. The first kappa shape index (κ1) is 16.6. The highest BCUT2D eigenvalue weighted by Gasteiger charge is 2.23. The number of nitrogens with zero attached hydrogens (tertiary/aromatic N) is 3. The lowest BCUT2D eigenvalue weighted by atomic mass is 10.1. The van der Waals surface area contributed by atoms with Gasteiger partial charge in [0, 0.05) is 50.3 Å². The van der Waals surface area contributed by atoms with Crippen LogP contribution in [0.2, 0.25) is 0 Å². The van der Waals surface area contributed by atoms with Crippen LogP contribution in [0.4, 0.5) is 5.69 Å². The summed E-state index contributed by atoms with van der Waals surface area (Å²) in [5, 5.41) is 2.95. The summed E-state index contributed by atoms with van der Waals surface area (Å²) in [6, 6.07) is 14.1. The molecular formula is C19H24N4O. The molecule has 126 valence electrons. The van der Waals surface area contributed by atoms with Crippen LogP contribution in [0.5, 0.6) is 0 Å². The van der Waals surface area contributed by atoms with Crippen molar-refractivity contribution in [2.24, 2.45) is 0 Å². The van der Waals surface area contributed by atoms with E-state index < -0.39 is 0 Å². The molecule has 1 aliphatic rings. The van der Waals surface area contributed by atoms with Crippen LogP contribution < -0.4 is 5.32 Å². The highest BCUT2D eigenvalue weighted by atomic mass is 16.2. The zero-order valence-electron chi connectivity index (χ0n) is 14.1. The molecule has 0 radical (unpaired) electrons. The van der Waals surface area contributed by atoms with Gasteiger partial charge >= 0.3 is 0 Å². The van der Waals surface area contributed by atoms with Crippen LogP contribution in [0.1, 0.15) is 18.5 Å². The minimum absolute atomic E-state index is 0.0509. The van der Waals surface area contributed by atoms with E-state index in [1.165, 1.54) is 5.56 Å². The van der Waals surface area contributed by atoms with Crippen LogP contribution in [-0.2, 0) is 4.79 Å². The van der Waals surface area contributed by atoms with Gasteiger partial charge in [0.25, 0.3) is 0 Å². The third-order valence-corrected chi connectivity index (χ3v) is 4.55. The van der Waals surface area contributed by atoms with Gasteiger partial charge in [-0.15, -0.1) is 0 Å². The van der Waals surface area contributed by atoms with Gasteiger partial charge in [0.05, 0.1) is 6.54 Å². The molecule has 1 unspecified atom stereocenters. The van der Waals surface area contributed by atoms with Crippen molar-refractivity contribution in [1.82, 2.24) is 14.8 Å². The average Bonchev–Trinajstić information content (AvgIpc) is 2.63. The van der Waals surface area contributed by atoms with Crippen LogP contribution in [-0.4, -0.2) is 53.4 Å². The number of nitrogens with one attached hydrogen (secondary N) is 1. The molecule has 5 nitrogen and oxygen atoms in total. The summed E-state index contributed by atoms with van der Waals surface area (Å²) < 4.78 is 0.